The zero-order valence-electron chi connectivity index (χ0n) is 33.5. The van der Waals surface area contributed by atoms with Gasteiger partial charge in [-0.2, -0.15) is 4.90 Å². The van der Waals surface area contributed by atoms with Crippen LogP contribution in [0.5, 0.6) is 0 Å². The molecule has 0 aliphatic carbocycles. The number of aliphatic hydroxyl groups is 1. The molecule has 4 rings (SSSR count). The van der Waals surface area contributed by atoms with E-state index in [0.29, 0.717) is 28.0 Å². The molecule has 0 fully saturated rings. The van der Waals surface area contributed by atoms with Crippen LogP contribution in [0.1, 0.15) is 109 Å². The van der Waals surface area contributed by atoms with Gasteiger partial charge in [-0.3, -0.25) is 4.79 Å². The first-order chi connectivity index (χ1) is 25.6. The lowest BCUT2D eigenvalue weighted by atomic mass is 9.89. The van der Waals surface area contributed by atoms with E-state index in [2.05, 4.69) is 10.3 Å². The van der Waals surface area contributed by atoms with Crippen molar-refractivity contribution in [1.29, 1.82) is 0 Å². The number of benzene rings is 3. The van der Waals surface area contributed by atoms with Crippen molar-refractivity contribution in [1.82, 2.24) is 4.98 Å². The van der Waals surface area contributed by atoms with Crippen LogP contribution in [0.3, 0.4) is 0 Å². The maximum atomic E-state index is 16.4. The highest BCUT2D eigenvalue weighted by atomic mass is 19.1. The second-order valence-electron chi connectivity index (χ2n) is 16.5. The summed E-state index contributed by atoms with van der Waals surface area (Å²) in [5, 5.41) is 13.1. The van der Waals surface area contributed by atoms with Crippen molar-refractivity contribution in [3.8, 4) is 0 Å². The number of aromatic nitrogens is 1. The number of ketones is 1. The number of Topliss-reactive ketones (excluding diaryl/α,β-unsaturated/α-hetero) is 1. The fourth-order valence-electron chi connectivity index (χ4n) is 6.39. The molecule has 2 atom stereocenters. The molecule has 2 amide bonds. The first-order valence-corrected chi connectivity index (χ1v) is 18.5. The van der Waals surface area contributed by atoms with Gasteiger partial charge in [-0.05, 0) is 131 Å². The van der Waals surface area contributed by atoms with Gasteiger partial charge >= 0.3 is 12.2 Å². The number of anilines is 3. The number of halogens is 2. The Morgan fingerprint density at radius 2 is 1.55 bits per heavy atom. The Hall–Kier alpha value is -5.10. The summed E-state index contributed by atoms with van der Waals surface area (Å²) in [5.74, 6) is -1.77. The van der Waals surface area contributed by atoms with E-state index in [1.54, 1.807) is 59.7 Å². The zero-order chi connectivity index (χ0) is 41.0. The number of carbonyl (C=O) groups excluding carboxylic acids is 3. The lowest BCUT2D eigenvalue weighted by Gasteiger charge is -2.28. The van der Waals surface area contributed by atoms with Crippen LogP contribution in [0.25, 0.3) is 10.8 Å². The minimum Gasteiger partial charge on any atom is -0.443 e. The van der Waals surface area contributed by atoms with E-state index in [4.69, 9.17) is 15.2 Å². The van der Waals surface area contributed by atoms with Crippen LogP contribution in [-0.4, -0.2) is 45.9 Å². The number of hydrogen-bond acceptors (Lipinski definition) is 9. The summed E-state index contributed by atoms with van der Waals surface area (Å²) in [5.41, 5.74) is 8.08. The highest BCUT2D eigenvalue weighted by molar-refractivity contribution is 6.14. The molecule has 3 aromatic carbocycles. The molecule has 0 spiro atoms. The number of rotatable bonds is 12. The van der Waals surface area contributed by atoms with Crippen molar-refractivity contribution in [3.63, 3.8) is 0 Å². The Morgan fingerprint density at radius 3 is 2.11 bits per heavy atom. The van der Waals surface area contributed by atoms with Crippen LogP contribution in [0.2, 0.25) is 0 Å². The number of fused-ring (bicyclic) bond motifs is 1. The molecule has 1 unspecified atom stereocenters. The van der Waals surface area contributed by atoms with Crippen LogP contribution in [0.15, 0.2) is 54.7 Å². The smallest absolute Gasteiger partial charge is 0.425 e. The number of carbonyl (C=O) groups is 3. The Bertz CT molecular complexity index is 2030. The molecule has 10 nitrogen and oxygen atoms in total. The number of ether oxygens (including phenoxy) is 2. The van der Waals surface area contributed by atoms with Crippen LogP contribution >= 0.6 is 0 Å². The number of nitrogen functional groups attached to an aromatic ring is 1. The summed E-state index contributed by atoms with van der Waals surface area (Å²) < 4.78 is 42.5. The number of pyridine rings is 1. The Labute approximate surface area is 322 Å². The summed E-state index contributed by atoms with van der Waals surface area (Å²) >= 11 is 0. The predicted molar refractivity (Wildman–Crippen MR) is 212 cm³/mol. The molecule has 4 N–H and O–H groups in total. The van der Waals surface area contributed by atoms with Crippen molar-refractivity contribution in [2.24, 2.45) is 5.92 Å². The molecular weight excluding hydrogens is 706 g/mol. The van der Waals surface area contributed by atoms with Crippen molar-refractivity contribution < 1.29 is 37.7 Å². The van der Waals surface area contributed by atoms with Gasteiger partial charge in [0.05, 0.1) is 5.39 Å². The largest absolute Gasteiger partial charge is 0.443 e. The van der Waals surface area contributed by atoms with E-state index in [9.17, 15) is 19.5 Å². The molecule has 4 aromatic rings. The third-order valence-electron chi connectivity index (χ3n) is 8.79. The number of aliphatic hydroxyl groups excluding tert-OH is 1. The standard InChI is InChI=1S/C43H54F2N4O6/c1-24(2)17-33-27(19-30(46)21-34(33)44)12-14-36(51)38(29-11-13-32(25(3)18-29)26(4)23-50)48-31-20-28-15-16-47-39(37(28)35(45)22-31)49(40(52)54-42(5,6)7)41(53)55-43(8,9)10/h11,13,15-16,18-22,24,26,38,48,50H,12,14,17,23,46H2,1-10H3/t26-,38?/m0/s1. The molecule has 0 aliphatic heterocycles. The fourth-order valence-corrected chi connectivity index (χ4v) is 6.39. The number of imide groups is 1. The minimum atomic E-state index is -1.10. The average molecular weight is 761 g/mol. The SMILES string of the molecule is Cc1cc(C(Nc2cc(F)c3c(N(C(=O)OC(C)(C)C)C(=O)OC(C)(C)C)nccc3c2)C(=O)CCc2cc(N)cc(F)c2CC(C)C)ccc1[C@@H](C)CO. The van der Waals surface area contributed by atoms with E-state index < -0.39 is 41.1 Å². The molecule has 1 aromatic heterocycles. The van der Waals surface area contributed by atoms with Crippen molar-refractivity contribution in [2.45, 2.75) is 112 Å². The van der Waals surface area contributed by atoms with Gasteiger partial charge in [0.25, 0.3) is 0 Å². The molecule has 296 valence electrons. The van der Waals surface area contributed by atoms with Gasteiger partial charge < -0.3 is 25.6 Å². The van der Waals surface area contributed by atoms with E-state index in [-0.39, 0.29) is 65.0 Å². The normalized spacial score (nSPS) is 13.1. The van der Waals surface area contributed by atoms with E-state index in [1.807, 2.05) is 39.8 Å². The summed E-state index contributed by atoms with van der Waals surface area (Å²) in [7, 11) is 0. The summed E-state index contributed by atoms with van der Waals surface area (Å²) in [6, 6.07) is 11.8. The third kappa shape index (κ3) is 11.0. The molecular formula is C43H54F2N4O6. The second-order valence-corrected chi connectivity index (χ2v) is 16.5. The summed E-state index contributed by atoms with van der Waals surface area (Å²) in [4.78, 5) is 45.9. The number of nitrogens with zero attached hydrogens (tertiary/aromatic N) is 2. The van der Waals surface area contributed by atoms with E-state index in [0.717, 1.165) is 11.1 Å². The van der Waals surface area contributed by atoms with Crippen molar-refractivity contribution >= 4 is 45.9 Å². The molecule has 0 bridgehead atoms. The van der Waals surface area contributed by atoms with Crippen LogP contribution in [0.4, 0.5) is 35.6 Å². The van der Waals surface area contributed by atoms with Gasteiger partial charge in [-0.25, -0.2) is 23.4 Å². The molecule has 0 saturated carbocycles. The summed E-state index contributed by atoms with van der Waals surface area (Å²) in [6.45, 7) is 17.5. The fraction of sp³-hybridized carbons (Fsp3) is 0.442. The highest BCUT2D eigenvalue weighted by Crippen LogP contribution is 2.35. The van der Waals surface area contributed by atoms with Gasteiger partial charge in [0, 0.05) is 36.5 Å². The van der Waals surface area contributed by atoms with E-state index >= 15 is 8.78 Å². The number of nitrogens with one attached hydrogen (secondary N) is 1. The quantitative estimate of drug-likeness (QED) is 0.120. The average Bonchev–Trinajstić information content (AvgIpc) is 3.05. The van der Waals surface area contributed by atoms with Gasteiger partial charge in [-0.1, -0.05) is 39.0 Å². The number of hydrogen-bond donors (Lipinski definition) is 3. The lowest BCUT2D eigenvalue weighted by Crippen LogP contribution is -2.44. The summed E-state index contributed by atoms with van der Waals surface area (Å²) in [6.07, 6.45) is -0.140. The Morgan fingerprint density at radius 1 is 0.909 bits per heavy atom. The maximum Gasteiger partial charge on any atom is 0.425 e. The lowest BCUT2D eigenvalue weighted by molar-refractivity contribution is -0.119. The number of nitrogens with two attached hydrogens (primary N) is 1. The minimum absolute atomic E-state index is 0.0182. The molecule has 0 saturated heterocycles. The number of aryl methyl sites for hydroxylation is 2. The van der Waals surface area contributed by atoms with Gasteiger partial charge in [-0.15, -0.1) is 0 Å². The van der Waals surface area contributed by atoms with Crippen molar-refractivity contribution in [3.05, 3.63) is 94.2 Å². The third-order valence-corrected chi connectivity index (χ3v) is 8.79. The first kappa shape index (κ1) is 42.6. The Kier molecular flexibility index (Phi) is 13.3. The van der Waals surface area contributed by atoms with Crippen LogP contribution < -0.4 is 16.0 Å². The molecule has 12 heteroatoms. The maximum absolute atomic E-state index is 16.4. The highest BCUT2D eigenvalue weighted by Gasteiger charge is 2.35. The van der Waals surface area contributed by atoms with Gasteiger partial charge in [0.15, 0.2) is 11.6 Å². The van der Waals surface area contributed by atoms with Gasteiger partial charge in [0.2, 0.25) is 0 Å². The molecule has 0 radical (unpaired) electrons. The van der Waals surface area contributed by atoms with E-state index in [1.165, 1.54) is 24.4 Å². The van der Waals surface area contributed by atoms with Crippen LogP contribution in [-0.2, 0) is 27.1 Å². The van der Waals surface area contributed by atoms with Crippen molar-refractivity contribution in [2.75, 3.05) is 22.6 Å². The molecule has 1 heterocycles. The molecule has 55 heavy (non-hydrogen) atoms. The first-order valence-electron chi connectivity index (χ1n) is 18.5. The molecule has 0 aliphatic rings. The predicted octanol–water partition coefficient (Wildman–Crippen LogP) is 9.73. The zero-order valence-corrected chi connectivity index (χ0v) is 33.5. The second kappa shape index (κ2) is 17.1. The topological polar surface area (TPSA) is 144 Å². The number of amides is 2. The van der Waals surface area contributed by atoms with Crippen LogP contribution in [0, 0.1) is 24.5 Å². The Balaban J connectivity index is 1.79. The van der Waals surface area contributed by atoms with Gasteiger partial charge in [0.1, 0.15) is 28.9 Å². The monoisotopic (exact) mass is 760 g/mol.